The second-order valence-corrected chi connectivity index (χ2v) is 8.76. The molecule has 0 aromatic rings. The van der Waals surface area contributed by atoms with E-state index in [4.69, 9.17) is 4.74 Å². The summed E-state index contributed by atoms with van der Waals surface area (Å²) >= 11 is 2.10. The van der Waals surface area contributed by atoms with Crippen LogP contribution >= 0.6 is 11.8 Å². The van der Waals surface area contributed by atoms with Crippen LogP contribution in [0.4, 0.5) is 0 Å². The molecule has 2 rings (SSSR count). The lowest BCUT2D eigenvalue weighted by Gasteiger charge is -2.42. The molecule has 2 fully saturated rings. The van der Waals surface area contributed by atoms with E-state index >= 15 is 0 Å². The summed E-state index contributed by atoms with van der Waals surface area (Å²) < 4.78 is 5.47. The predicted molar refractivity (Wildman–Crippen MR) is 100 cm³/mol. The lowest BCUT2D eigenvalue weighted by Crippen LogP contribution is -2.57. The van der Waals surface area contributed by atoms with Gasteiger partial charge in [-0.3, -0.25) is 9.89 Å². The van der Waals surface area contributed by atoms with Gasteiger partial charge < -0.3 is 15.0 Å². The smallest absolute Gasteiger partial charge is 0.193 e. The first-order valence-electron chi connectivity index (χ1n) is 8.84. The largest absolute Gasteiger partial charge is 0.379 e. The molecule has 1 atom stereocenters. The Kier molecular flexibility index (Phi) is 7.04. The Morgan fingerprint density at radius 1 is 1.30 bits per heavy atom. The third-order valence-electron chi connectivity index (χ3n) is 4.89. The van der Waals surface area contributed by atoms with Crippen molar-refractivity contribution in [1.29, 1.82) is 0 Å². The highest BCUT2D eigenvalue weighted by Gasteiger charge is 2.30. The second-order valence-electron chi connectivity index (χ2n) is 7.41. The minimum Gasteiger partial charge on any atom is -0.379 e. The van der Waals surface area contributed by atoms with Crippen LogP contribution in [0, 0.1) is 5.92 Å². The number of hydrogen-bond donors (Lipinski definition) is 1. The predicted octanol–water partition coefficient (Wildman–Crippen LogP) is 1.75. The van der Waals surface area contributed by atoms with E-state index in [1.54, 1.807) is 0 Å². The maximum Gasteiger partial charge on any atom is 0.193 e. The minimum absolute atomic E-state index is 0.113. The molecule has 6 heteroatoms. The van der Waals surface area contributed by atoms with E-state index in [0.717, 1.165) is 51.9 Å². The lowest BCUT2D eigenvalue weighted by molar-refractivity contribution is -0.00848. The first kappa shape index (κ1) is 18.9. The fourth-order valence-corrected chi connectivity index (χ4v) is 4.48. The standard InChI is InChI=1S/C17H34N4OS/c1-14(2)15-12-20(8-11-23-15)16(18-5)19-13-17(3,4)21-6-9-22-10-7-21/h14-15H,6-13H2,1-5H3,(H,18,19). The van der Waals surface area contributed by atoms with Crippen molar-refractivity contribution in [2.45, 2.75) is 38.5 Å². The molecule has 0 amide bonds. The van der Waals surface area contributed by atoms with Gasteiger partial charge in [0, 0.05) is 56.3 Å². The van der Waals surface area contributed by atoms with E-state index in [2.05, 4.69) is 59.6 Å². The molecule has 2 aliphatic heterocycles. The summed E-state index contributed by atoms with van der Waals surface area (Å²) in [6.45, 7) is 16.1. The van der Waals surface area contributed by atoms with E-state index in [1.807, 2.05) is 7.05 Å². The monoisotopic (exact) mass is 342 g/mol. The fraction of sp³-hybridized carbons (Fsp3) is 0.941. The highest BCUT2D eigenvalue weighted by molar-refractivity contribution is 8.00. The van der Waals surface area contributed by atoms with Crippen molar-refractivity contribution < 1.29 is 4.74 Å². The lowest BCUT2D eigenvalue weighted by atomic mass is 10.0. The molecule has 5 nitrogen and oxygen atoms in total. The number of nitrogens with zero attached hydrogens (tertiary/aromatic N) is 3. The molecule has 0 aliphatic carbocycles. The van der Waals surface area contributed by atoms with Gasteiger partial charge >= 0.3 is 0 Å². The molecule has 0 spiro atoms. The topological polar surface area (TPSA) is 40.1 Å². The van der Waals surface area contributed by atoms with Crippen LogP contribution in [0.1, 0.15) is 27.7 Å². The third kappa shape index (κ3) is 5.26. The number of guanidine groups is 1. The number of hydrogen-bond acceptors (Lipinski definition) is 4. The Balaban J connectivity index is 1.89. The van der Waals surface area contributed by atoms with E-state index in [1.165, 1.54) is 5.75 Å². The van der Waals surface area contributed by atoms with E-state index in [0.29, 0.717) is 11.2 Å². The van der Waals surface area contributed by atoms with Gasteiger partial charge in [0.15, 0.2) is 5.96 Å². The number of thioether (sulfide) groups is 1. The molecule has 0 bridgehead atoms. The van der Waals surface area contributed by atoms with Crippen molar-refractivity contribution in [2.24, 2.45) is 10.9 Å². The zero-order valence-corrected chi connectivity index (χ0v) is 16.3. The molecule has 0 aromatic heterocycles. The van der Waals surface area contributed by atoms with Gasteiger partial charge in [-0.2, -0.15) is 11.8 Å². The van der Waals surface area contributed by atoms with Crippen LogP contribution < -0.4 is 5.32 Å². The zero-order valence-electron chi connectivity index (χ0n) is 15.5. The number of nitrogens with one attached hydrogen (secondary N) is 1. The van der Waals surface area contributed by atoms with Gasteiger partial charge in [0.2, 0.25) is 0 Å². The number of aliphatic imine (C=N–C) groups is 1. The molecule has 134 valence electrons. The SMILES string of the molecule is CN=C(NCC(C)(C)N1CCOCC1)N1CCSC(C(C)C)C1. The van der Waals surface area contributed by atoms with Crippen molar-refractivity contribution in [1.82, 2.24) is 15.1 Å². The van der Waals surface area contributed by atoms with Crippen molar-refractivity contribution in [2.75, 3.05) is 58.7 Å². The van der Waals surface area contributed by atoms with Crippen LogP contribution in [-0.4, -0.2) is 85.3 Å². The van der Waals surface area contributed by atoms with Gasteiger partial charge in [0.1, 0.15) is 0 Å². The molecule has 2 saturated heterocycles. The average Bonchev–Trinajstić information content (AvgIpc) is 2.56. The number of rotatable bonds is 4. The number of ether oxygens (including phenoxy) is 1. The van der Waals surface area contributed by atoms with E-state index < -0.39 is 0 Å². The first-order valence-corrected chi connectivity index (χ1v) is 9.89. The second kappa shape index (κ2) is 8.58. The van der Waals surface area contributed by atoms with Crippen LogP contribution in [-0.2, 0) is 4.74 Å². The van der Waals surface area contributed by atoms with Crippen LogP contribution in [0.25, 0.3) is 0 Å². The van der Waals surface area contributed by atoms with Gasteiger partial charge in [0.05, 0.1) is 13.2 Å². The van der Waals surface area contributed by atoms with Crippen molar-refractivity contribution in [3.63, 3.8) is 0 Å². The summed E-state index contributed by atoms with van der Waals surface area (Å²) in [6.07, 6.45) is 0. The molecular weight excluding hydrogens is 308 g/mol. The molecule has 1 unspecified atom stereocenters. The molecule has 1 N–H and O–H groups in total. The van der Waals surface area contributed by atoms with E-state index in [-0.39, 0.29) is 5.54 Å². The summed E-state index contributed by atoms with van der Waals surface area (Å²) in [5, 5.41) is 4.32. The maximum atomic E-state index is 5.47. The molecule has 2 heterocycles. The van der Waals surface area contributed by atoms with Crippen LogP contribution in [0.5, 0.6) is 0 Å². The Labute approximate surface area is 146 Å². The normalized spacial score (nSPS) is 25.0. The fourth-order valence-electron chi connectivity index (χ4n) is 3.18. The Morgan fingerprint density at radius 2 is 2.00 bits per heavy atom. The van der Waals surface area contributed by atoms with Crippen LogP contribution in [0.15, 0.2) is 4.99 Å². The van der Waals surface area contributed by atoms with Gasteiger partial charge in [-0.25, -0.2) is 0 Å². The molecule has 0 saturated carbocycles. The first-order chi connectivity index (χ1) is 10.9. The highest BCUT2D eigenvalue weighted by Crippen LogP contribution is 2.25. The number of morpholine rings is 1. The van der Waals surface area contributed by atoms with E-state index in [9.17, 15) is 0 Å². The van der Waals surface area contributed by atoms with Gasteiger partial charge in [-0.15, -0.1) is 0 Å². The molecular formula is C17H34N4OS. The van der Waals surface area contributed by atoms with Gasteiger partial charge in [-0.1, -0.05) is 13.8 Å². The van der Waals surface area contributed by atoms with Crippen molar-refractivity contribution >= 4 is 17.7 Å². The third-order valence-corrected chi connectivity index (χ3v) is 6.43. The Bertz CT molecular complexity index is 394. The summed E-state index contributed by atoms with van der Waals surface area (Å²) in [5.41, 5.74) is 0.113. The average molecular weight is 343 g/mol. The molecule has 0 aromatic carbocycles. The van der Waals surface area contributed by atoms with Crippen molar-refractivity contribution in [3.8, 4) is 0 Å². The molecule has 0 radical (unpaired) electrons. The van der Waals surface area contributed by atoms with Crippen LogP contribution in [0.2, 0.25) is 0 Å². The molecule has 23 heavy (non-hydrogen) atoms. The molecule has 2 aliphatic rings. The maximum absolute atomic E-state index is 5.47. The summed E-state index contributed by atoms with van der Waals surface area (Å²) in [5.74, 6) is 2.96. The summed E-state index contributed by atoms with van der Waals surface area (Å²) in [6, 6.07) is 0. The van der Waals surface area contributed by atoms with Crippen LogP contribution in [0.3, 0.4) is 0 Å². The quantitative estimate of drug-likeness (QED) is 0.622. The zero-order chi connectivity index (χ0) is 16.9. The minimum atomic E-state index is 0.113. The summed E-state index contributed by atoms with van der Waals surface area (Å²) in [7, 11) is 1.90. The van der Waals surface area contributed by atoms with Crippen molar-refractivity contribution in [3.05, 3.63) is 0 Å². The Hall–Kier alpha value is -0.460. The van der Waals surface area contributed by atoms with Gasteiger partial charge in [-0.05, 0) is 19.8 Å². The highest BCUT2D eigenvalue weighted by atomic mass is 32.2. The summed E-state index contributed by atoms with van der Waals surface area (Å²) in [4.78, 5) is 9.47. The Morgan fingerprint density at radius 3 is 2.61 bits per heavy atom. The van der Waals surface area contributed by atoms with Gasteiger partial charge in [0.25, 0.3) is 0 Å².